The van der Waals surface area contributed by atoms with Gasteiger partial charge in [0.25, 0.3) is 0 Å². The van der Waals surface area contributed by atoms with E-state index in [2.05, 4.69) is 0 Å². The molecular weight excluding hydrogens is 287 g/mol. The predicted molar refractivity (Wildman–Crippen MR) is 74.4 cm³/mol. The van der Waals surface area contributed by atoms with Crippen molar-refractivity contribution in [1.29, 1.82) is 5.26 Å². The summed E-state index contributed by atoms with van der Waals surface area (Å²) in [5.74, 6) is 0.466. The lowest BCUT2D eigenvalue weighted by Crippen LogP contribution is -2.28. The van der Waals surface area contributed by atoms with Crippen molar-refractivity contribution in [2.24, 2.45) is 0 Å². The van der Waals surface area contributed by atoms with Crippen LogP contribution in [0.25, 0.3) is 0 Å². The fraction of sp³-hybridized carbons (Fsp3) is 0.385. The zero-order valence-electron chi connectivity index (χ0n) is 10.5. The SMILES string of the molecule is CN(CCC#N)C(=O)CCOc1cc(Cl)cc(Cl)c1. The number of hydrogen-bond acceptors (Lipinski definition) is 3. The van der Waals surface area contributed by atoms with E-state index >= 15 is 0 Å². The highest BCUT2D eigenvalue weighted by molar-refractivity contribution is 6.34. The second kappa shape index (κ2) is 7.88. The number of nitrogens with zero attached hydrogens (tertiary/aromatic N) is 2. The molecule has 0 bridgehead atoms. The molecule has 0 aliphatic heterocycles. The molecule has 0 aliphatic rings. The van der Waals surface area contributed by atoms with Gasteiger partial charge in [-0.15, -0.1) is 0 Å². The Balaban J connectivity index is 2.37. The van der Waals surface area contributed by atoms with E-state index in [9.17, 15) is 4.79 Å². The van der Waals surface area contributed by atoms with Crippen LogP contribution in [-0.2, 0) is 4.79 Å². The molecule has 0 heterocycles. The first-order chi connectivity index (χ1) is 9.02. The zero-order valence-corrected chi connectivity index (χ0v) is 12.0. The molecule has 0 fully saturated rings. The molecule has 0 atom stereocenters. The first kappa shape index (κ1) is 15.6. The van der Waals surface area contributed by atoms with Gasteiger partial charge in [0.05, 0.1) is 25.5 Å². The number of carbonyl (C=O) groups excluding carboxylic acids is 1. The van der Waals surface area contributed by atoms with Crippen LogP contribution in [0.5, 0.6) is 5.75 Å². The molecule has 0 N–H and O–H groups in total. The highest BCUT2D eigenvalue weighted by atomic mass is 35.5. The van der Waals surface area contributed by atoms with Gasteiger partial charge in [0.2, 0.25) is 5.91 Å². The maximum absolute atomic E-state index is 11.7. The lowest BCUT2D eigenvalue weighted by molar-refractivity contribution is -0.130. The largest absolute Gasteiger partial charge is 0.493 e. The molecule has 1 amide bonds. The molecule has 0 saturated heterocycles. The van der Waals surface area contributed by atoms with Crippen LogP contribution in [0.1, 0.15) is 12.8 Å². The molecule has 1 rings (SSSR count). The van der Waals surface area contributed by atoms with E-state index in [0.717, 1.165) is 0 Å². The number of hydrogen-bond donors (Lipinski definition) is 0. The summed E-state index contributed by atoms with van der Waals surface area (Å²) >= 11 is 11.7. The minimum Gasteiger partial charge on any atom is -0.493 e. The summed E-state index contributed by atoms with van der Waals surface area (Å²) in [7, 11) is 1.66. The molecule has 0 radical (unpaired) electrons. The van der Waals surface area contributed by atoms with Crippen LogP contribution in [0.4, 0.5) is 0 Å². The quantitative estimate of drug-likeness (QED) is 0.811. The molecule has 0 spiro atoms. The van der Waals surface area contributed by atoms with Gasteiger partial charge in [-0.3, -0.25) is 4.79 Å². The number of nitriles is 1. The Morgan fingerprint density at radius 2 is 2.00 bits per heavy atom. The van der Waals surface area contributed by atoms with E-state index in [1.54, 1.807) is 25.2 Å². The molecule has 19 heavy (non-hydrogen) atoms. The van der Waals surface area contributed by atoms with E-state index in [1.807, 2.05) is 6.07 Å². The first-order valence-electron chi connectivity index (χ1n) is 5.72. The summed E-state index contributed by atoms with van der Waals surface area (Å²) in [6.45, 7) is 0.671. The summed E-state index contributed by atoms with van der Waals surface area (Å²) in [5, 5.41) is 9.41. The van der Waals surface area contributed by atoms with E-state index in [-0.39, 0.29) is 18.9 Å². The normalized spacial score (nSPS) is 9.79. The lowest BCUT2D eigenvalue weighted by Gasteiger charge is -2.15. The van der Waals surface area contributed by atoms with E-state index < -0.39 is 0 Å². The van der Waals surface area contributed by atoms with Gasteiger partial charge in [0.15, 0.2) is 0 Å². The molecule has 4 nitrogen and oxygen atoms in total. The molecule has 1 aromatic carbocycles. The van der Waals surface area contributed by atoms with Crippen LogP contribution >= 0.6 is 23.2 Å². The monoisotopic (exact) mass is 300 g/mol. The van der Waals surface area contributed by atoms with Gasteiger partial charge >= 0.3 is 0 Å². The molecular formula is C13H14Cl2N2O2. The maximum atomic E-state index is 11.7. The van der Waals surface area contributed by atoms with Crippen molar-refractivity contribution in [2.45, 2.75) is 12.8 Å². The highest BCUT2D eigenvalue weighted by Crippen LogP contribution is 2.24. The lowest BCUT2D eigenvalue weighted by atomic mass is 10.3. The minimum absolute atomic E-state index is 0.0663. The molecule has 102 valence electrons. The van der Waals surface area contributed by atoms with E-state index in [1.165, 1.54) is 4.90 Å². The average Bonchev–Trinajstić information content (AvgIpc) is 2.34. The van der Waals surface area contributed by atoms with Crippen LogP contribution < -0.4 is 4.74 Å². The van der Waals surface area contributed by atoms with Gasteiger partial charge in [0, 0.05) is 23.6 Å². The number of carbonyl (C=O) groups is 1. The van der Waals surface area contributed by atoms with Crippen molar-refractivity contribution in [2.75, 3.05) is 20.2 Å². The van der Waals surface area contributed by atoms with Crippen LogP contribution in [0.15, 0.2) is 18.2 Å². The molecule has 0 aliphatic carbocycles. The Bertz CT molecular complexity index is 466. The number of ether oxygens (including phenoxy) is 1. The van der Waals surface area contributed by atoms with Gasteiger partial charge in [-0.2, -0.15) is 5.26 Å². The fourth-order valence-corrected chi connectivity index (χ4v) is 1.91. The third-order valence-electron chi connectivity index (χ3n) is 2.41. The standard InChI is InChI=1S/C13H14Cl2N2O2/c1-17(5-2-4-16)13(18)3-6-19-12-8-10(14)7-11(15)9-12/h7-9H,2-3,5-6H2,1H3. The van der Waals surface area contributed by atoms with Crippen molar-refractivity contribution in [3.05, 3.63) is 28.2 Å². The molecule has 0 saturated carbocycles. The van der Waals surface area contributed by atoms with Gasteiger partial charge < -0.3 is 9.64 Å². The van der Waals surface area contributed by atoms with Gasteiger partial charge in [-0.25, -0.2) is 0 Å². The predicted octanol–water partition coefficient (Wildman–Crippen LogP) is 3.13. The zero-order chi connectivity index (χ0) is 14.3. The minimum atomic E-state index is -0.0663. The molecule has 1 aromatic rings. The Morgan fingerprint density at radius 1 is 1.37 bits per heavy atom. The van der Waals surface area contributed by atoms with Crippen molar-refractivity contribution in [3.63, 3.8) is 0 Å². The van der Waals surface area contributed by atoms with Crippen molar-refractivity contribution in [1.82, 2.24) is 4.90 Å². The van der Waals surface area contributed by atoms with Crippen LogP contribution in [0.3, 0.4) is 0 Å². The smallest absolute Gasteiger partial charge is 0.225 e. The fourth-order valence-electron chi connectivity index (χ4n) is 1.40. The third-order valence-corrected chi connectivity index (χ3v) is 2.84. The molecule has 0 aromatic heterocycles. The number of amides is 1. The second-order valence-electron chi connectivity index (χ2n) is 3.93. The summed E-state index contributed by atoms with van der Waals surface area (Å²) in [5.41, 5.74) is 0. The van der Waals surface area contributed by atoms with Crippen LogP contribution in [0, 0.1) is 11.3 Å². The summed E-state index contributed by atoms with van der Waals surface area (Å²) < 4.78 is 5.41. The van der Waals surface area contributed by atoms with Gasteiger partial charge in [0.1, 0.15) is 5.75 Å². The number of rotatable bonds is 6. The number of halogens is 2. The highest BCUT2D eigenvalue weighted by Gasteiger charge is 2.08. The first-order valence-corrected chi connectivity index (χ1v) is 6.48. The maximum Gasteiger partial charge on any atom is 0.225 e. The number of benzene rings is 1. The average molecular weight is 301 g/mol. The Morgan fingerprint density at radius 3 is 2.58 bits per heavy atom. The van der Waals surface area contributed by atoms with Crippen molar-refractivity contribution < 1.29 is 9.53 Å². The van der Waals surface area contributed by atoms with Gasteiger partial charge in [-0.05, 0) is 18.2 Å². The van der Waals surface area contributed by atoms with Crippen LogP contribution in [-0.4, -0.2) is 31.0 Å². The summed E-state index contributed by atoms with van der Waals surface area (Å²) in [6.07, 6.45) is 0.569. The van der Waals surface area contributed by atoms with Crippen LogP contribution in [0.2, 0.25) is 10.0 Å². The summed E-state index contributed by atoms with van der Waals surface area (Å²) in [6, 6.07) is 6.87. The Kier molecular flexibility index (Phi) is 6.48. The Hall–Kier alpha value is -1.44. The molecule has 6 heteroatoms. The van der Waals surface area contributed by atoms with E-state index in [0.29, 0.717) is 28.8 Å². The van der Waals surface area contributed by atoms with E-state index in [4.69, 9.17) is 33.2 Å². The van der Waals surface area contributed by atoms with Gasteiger partial charge in [-0.1, -0.05) is 23.2 Å². The Labute approximate surface area is 122 Å². The topological polar surface area (TPSA) is 53.3 Å². The second-order valence-corrected chi connectivity index (χ2v) is 4.80. The third kappa shape index (κ3) is 5.82. The van der Waals surface area contributed by atoms with Crippen molar-refractivity contribution in [3.8, 4) is 11.8 Å². The summed E-state index contributed by atoms with van der Waals surface area (Å²) in [4.78, 5) is 13.2. The molecule has 0 unspecified atom stereocenters. The van der Waals surface area contributed by atoms with Crippen molar-refractivity contribution >= 4 is 29.1 Å².